The van der Waals surface area contributed by atoms with Gasteiger partial charge in [0, 0.05) is 0 Å². The van der Waals surface area contributed by atoms with Crippen LogP contribution in [0.15, 0.2) is 30.3 Å². The third-order valence-corrected chi connectivity index (χ3v) is 4.51. The molecule has 0 aliphatic heterocycles. The molecule has 0 bridgehead atoms. The number of ether oxygens (including phenoxy) is 1. The smallest absolute Gasteiger partial charge is 0.325 e. The Labute approximate surface area is 116 Å². The minimum absolute atomic E-state index is 0.134. The first-order valence-corrected chi connectivity index (χ1v) is 9.52. The fourth-order valence-corrected chi connectivity index (χ4v) is 3.95. The third-order valence-electron chi connectivity index (χ3n) is 2.53. The van der Waals surface area contributed by atoms with Gasteiger partial charge in [-0.3, -0.25) is 9.13 Å². The van der Waals surface area contributed by atoms with Crippen LogP contribution in [0.4, 0.5) is 0 Å². The van der Waals surface area contributed by atoms with Gasteiger partial charge in [0.15, 0.2) is 0 Å². The molecule has 0 spiro atoms. The zero-order valence-corrected chi connectivity index (χ0v) is 12.5. The summed E-state index contributed by atoms with van der Waals surface area (Å²) < 4.78 is 27.3. The summed E-state index contributed by atoms with van der Waals surface area (Å²) in [5.41, 5.74) is 0. The van der Waals surface area contributed by atoms with Crippen LogP contribution >= 0.6 is 15.2 Å². The van der Waals surface area contributed by atoms with Crippen molar-refractivity contribution < 1.29 is 33.4 Å². The van der Waals surface area contributed by atoms with Gasteiger partial charge in [0.25, 0.3) is 0 Å². The number of para-hydroxylation sites is 1. The van der Waals surface area contributed by atoms with E-state index in [2.05, 4.69) is 0 Å². The van der Waals surface area contributed by atoms with Crippen LogP contribution in [0, 0.1) is 5.92 Å². The van der Waals surface area contributed by atoms with E-state index < -0.39 is 33.4 Å². The molecule has 1 rings (SSSR count). The number of hydrogen-bond acceptors (Lipinski definition) is 3. The molecule has 0 aliphatic rings. The van der Waals surface area contributed by atoms with Gasteiger partial charge in [-0.1, -0.05) is 18.2 Å². The highest BCUT2D eigenvalue weighted by atomic mass is 31.2. The molecule has 1 aromatic carbocycles. The molecule has 7 nitrogen and oxygen atoms in total. The maximum atomic E-state index is 11.0. The number of benzene rings is 1. The van der Waals surface area contributed by atoms with Gasteiger partial charge in [0.1, 0.15) is 5.75 Å². The largest absolute Gasteiger partial charge is 0.494 e. The van der Waals surface area contributed by atoms with E-state index in [1.807, 2.05) is 6.07 Å². The monoisotopic (exact) mass is 324 g/mol. The minimum atomic E-state index is -4.32. The Bertz CT molecular complexity index is 469. The Hall–Kier alpha value is -0.680. The van der Waals surface area contributed by atoms with E-state index in [9.17, 15) is 9.13 Å². The quantitative estimate of drug-likeness (QED) is 0.533. The van der Waals surface area contributed by atoms with Crippen LogP contribution < -0.4 is 4.74 Å². The summed E-state index contributed by atoms with van der Waals surface area (Å²) in [5, 5.41) is 0. The Balaban J connectivity index is 2.52. The van der Waals surface area contributed by atoms with Crippen molar-refractivity contribution in [2.45, 2.75) is 6.42 Å². The molecule has 4 N–H and O–H groups in total. The van der Waals surface area contributed by atoms with Gasteiger partial charge in [-0.05, 0) is 24.5 Å². The van der Waals surface area contributed by atoms with Crippen LogP contribution in [0.3, 0.4) is 0 Å². The number of hydrogen-bond donors (Lipinski definition) is 4. The molecule has 0 saturated carbocycles. The molecular formula is C11H18O7P2. The molecule has 20 heavy (non-hydrogen) atoms. The van der Waals surface area contributed by atoms with Crippen molar-refractivity contribution in [1.29, 1.82) is 0 Å². The van der Waals surface area contributed by atoms with Gasteiger partial charge >= 0.3 is 15.2 Å². The van der Waals surface area contributed by atoms with Crippen molar-refractivity contribution in [3.05, 3.63) is 30.3 Å². The molecule has 0 aliphatic carbocycles. The van der Waals surface area contributed by atoms with E-state index in [1.165, 1.54) is 0 Å². The average molecular weight is 324 g/mol. The molecule has 0 saturated heterocycles. The Morgan fingerprint density at radius 2 is 1.45 bits per heavy atom. The van der Waals surface area contributed by atoms with E-state index in [0.29, 0.717) is 5.75 Å². The lowest BCUT2D eigenvalue weighted by molar-refractivity contribution is 0.280. The summed E-state index contributed by atoms with van der Waals surface area (Å²) in [6, 6.07) is 8.81. The zero-order valence-electron chi connectivity index (χ0n) is 10.7. The normalized spacial score (nSPS) is 12.7. The molecule has 0 fully saturated rings. The summed E-state index contributed by atoms with van der Waals surface area (Å²) in [6.45, 7) is 0.134. The second kappa shape index (κ2) is 7.36. The van der Waals surface area contributed by atoms with E-state index >= 15 is 0 Å². The summed E-state index contributed by atoms with van der Waals surface area (Å²) in [5.74, 6) is -0.195. The third kappa shape index (κ3) is 8.48. The summed E-state index contributed by atoms with van der Waals surface area (Å²) in [4.78, 5) is 35.7. The van der Waals surface area contributed by atoms with Crippen LogP contribution in [0.5, 0.6) is 5.75 Å². The lowest BCUT2D eigenvalue weighted by atomic mass is 10.1. The predicted molar refractivity (Wildman–Crippen MR) is 73.9 cm³/mol. The standard InChI is InChI=1S/C11H18O7P2/c12-19(13,14)8-10(9-20(15,16)17)6-7-18-11-4-2-1-3-5-11/h1-5,10H,6-9H2,(H2,12,13,14)(H2,15,16,17). The topological polar surface area (TPSA) is 124 Å². The number of rotatable bonds is 8. The van der Waals surface area contributed by atoms with Gasteiger partial charge in [-0.2, -0.15) is 0 Å². The maximum Gasteiger partial charge on any atom is 0.325 e. The van der Waals surface area contributed by atoms with E-state index in [1.54, 1.807) is 24.3 Å². The lowest BCUT2D eigenvalue weighted by Gasteiger charge is -2.18. The first-order valence-electron chi connectivity index (χ1n) is 5.93. The highest BCUT2D eigenvalue weighted by Gasteiger charge is 2.27. The summed E-state index contributed by atoms with van der Waals surface area (Å²) in [6.07, 6.45) is -0.961. The highest BCUT2D eigenvalue weighted by Crippen LogP contribution is 2.44. The van der Waals surface area contributed by atoms with Gasteiger partial charge in [0.2, 0.25) is 0 Å². The van der Waals surface area contributed by atoms with E-state index in [4.69, 9.17) is 24.3 Å². The van der Waals surface area contributed by atoms with Crippen molar-refractivity contribution in [2.75, 3.05) is 18.9 Å². The molecule has 0 aromatic heterocycles. The molecule has 0 unspecified atom stereocenters. The first kappa shape index (κ1) is 17.4. The summed E-state index contributed by atoms with van der Waals surface area (Å²) in [7, 11) is -8.64. The lowest BCUT2D eigenvalue weighted by Crippen LogP contribution is -2.16. The molecule has 9 heteroatoms. The molecule has 0 radical (unpaired) electrons. The van der Waals surface area contributed by atoms with Crippen molar-refractivity contribution >= 4 is 15.2 Å². The molecule has 0 heterocycles. The van der Waals surface area contributed by atoms with Crippen molar-refractivity contribution in [3.8, 4) is 5.75 Å². The van der Waals surface area contributed by atoms with Crippen molar-refractivity contribution in [1.82, 2.24) is 0 Å². The van der Waals surface area contributed by atoms with Crippen molar-refractivity contribution in [2.24, 2.45) is 5.92 Å². The second-order valence-electron chi connectivity index (χ2n) is 4.51. The van der Waals surface area contributed by atoms with Crippen molar-refractivity contribution in [3.63, 3.8) is 0 Å². The Morgan fingerprint density at radius 1 is 0.950 bits per heavy atom. The van der Waals surface area contributed by atoms with Crippen LogP contribution in [0.2, 0.25) is 0 Å². The molecule has 114 valence electrons. The van der Waals surface area contributed by atoms with Gasteiger partial charge in [0.05, 0.1) is 18.9 Å². The van der Waals surface area contributed by atoms with E-state index in [-0.39, 0.29) is 13.0 Å². The fraction of sp³-hybridized carbons (Fsp3) is 0.455. The van der Waals surface area contributed by atoms with Crippen LogP contribution in [-0.2, 0) is 9.13 Å². The van der Waals surface area contributed by atoms with Gasteiger partial charge < -0.3 is 24.3 Å². The average Bonchev–Trinajstić information content (AvgIpc) is 2.25. The predicted octanol–water partition coefficient (Wildman–Crippen LogP) is 1.43. The Kier molecular flexibility index (Phi) is 6.40. The summed E-state index contributed by atoms with van der Waals surface area (Å²) >= 11 is 0. The fourth-order valence-electron chi connectivity index (χ4n) is 1.77. The SMILES string of the molecule is O=P(O)(O)CC(CCOc1ccccc1)CP(=O)(O)O. The van der Waals surface area contributed by atoms with E-state index in [0.717, 1.165) is 0 Å². The minimum Gasteiger partial charge on any atom is -0.494 e. The van der Waals surface area contributed by atoms with Gasteiger partial charge in [-0.15, -0.1) is 0 Å². The first-order chi connectivity index (χ1) is 9.16. The zero-order chi connectivity index (χ0) is 15.2. The second-order valence-corrected chi connectivity index (χ2v) is 7.90. The molecule has 1 aromatic rings. The maximum absolute atomic E-state index is 11.0. The highest BCUT2D eigenvalue weighted by molar-refractivity contribution is 7.52. The molecular weight excluding hydrogens is 306 g/mol. The van der Waals surface area contributed by atoms with Crippen LogP contribution in [0.25, 0.3) is 0 Å². The van der Waals surface area contributed by atoms with Crippen LogP contribution in [-0.4, -0.2) is 38.5 Å². The molecule has 0 atom stereocenters. The Morgan fingerprint density at radius 3 is 1.90 bits per heavy atom. The van der Waals surface area contributed by atoms with Crippen LogP contribution in [0.1, 0.15) is 6.42 Å². The molecule has 0 amide bonds. The van der Waals surface area contributed by atoms with Gasteiger partial charge in [-0.25, -0.2) is 0 Å².